The van der Waals surface area contributed by atoms with Crippen LogP contribution in [0.15, 0.2) is 48.5 Å². The Morgan fingerprint density at radius 2 is 0.917 bits per heavy atom. The minimum atomic E-state index is -1.27. The van der Waals surface area contributed by atoms with Gasteiger partial charge in [0, 0.05) is 12.1 Å². The highest BCUT2D eigenvalue weighted by atomic mass is 19.1. The number of halogens is 2. The first kappa shape index (κ1) is 22.5. The predicted molar refractivity (Wildman–Crippen MR) is 109 cm³/mol. The highest BCUT2D eigenvalue weighted by Crippen LogP contribution is 2.29. The molecule has 0 aromatic heterocycles. The summed E-state index contributed by atoms with van der Waals surface area (Å²) in [7, 11) is 0. The molecule has 2 aliphatic rings. The van der Waals surface area contributed by atoms with Crippen molar-refractivity contribution < 1.29 is 56.5 Å². The number of ether oxygens (including phenoxy) is 4. The number of benzene rings is 3. The van der Waals surface area contributed by atoms with E-state index in [0.717, 1.165) is 36.4 Å². The van der Waals surface area contributed by atoms with Crippen LogP contribution in [0.2, 0.25) is 0 Å². The van der Waals surface area contributed by atoms with Crippen molar-refractivity contribution in [1.82, 2.24) is 0 Å². The second kappa shape index (κ2) is 8.20. The van der Waals surface area contributed by atoms with E-state index in [4.69, 9.17) is 9.47 Å². The molecule has 0 saturated heterocycles. The fourth-order valence-corrected chi connectivity index (χ4v) is 3.41. The van der Waals surface area contributed by atoms with Gasteiger partial charge in [-0.05, 0) is 36.4 Å². The van der Waals surface area contributed by atoms with Crippen molar-refractivity contribution in [2.24, 2.45) is 0 Å². The van der Waals surface area contributed by atoms with Crippen molar-refractivity contribution in [3.8, 4) is 11.5 Å². The normalized spacial score (nSPS) is 13.6. The van der Waals surface area contributed by atoms with E-state index in [1.54, 1.807) is 0 Å². The zero-order chi connectivity index (χ0) is 25.7. The maximum absolute atomic E-state index is 14.5. The molecule has 0 amide bonds. The summed E-state index contributed by atoms with van der Waals surface area (Å²) in [5, 5.41) is 0. The lowest BCUT2D eigenvalue weighted by Gasteiger charge is -2.10. The van der Waals surface area contributed by atoms with E-state index in [2.05, 4.69) is 9.47 Å². The number of fused-ring (bicyclic) bond motifs is 2. The smallest absolute Gasteiger partial charge is 0.346 e. The van der Waals surface area contributed by atoms with Crippen molar-refractivity contribution in [3.05, 3.63) is 93.5 Å². The van der Waals surface area contributed by atoms with Gasteiger partial charge in [-0.1, -0.05) is 0 Å². The molecule has 36 heavy (non-hydrogen) atoms. The van der Waals surface area contributed by atoms with E-state index in [1.165, 1.54) is 0 Å². The van der Waals surface area contributed by atoms with Crippen molar-refractivity contribution in [3.63, 3.8) is 0 Å². The van der Waals surface area contributed by atoms with Crippen LogP contribution in [-0.4, -0.2) is 35.8 Å². The first-order valence-corrected chi connectivity index (χ1v) is 9.87. The molecule has 10 nitrogen and oxygen atoms in total. The summed E-state index contributed by atoms with van der Waals surface area (Å²) in [5.74, 6) is -10.3. The Kier molecular flexibility index (Phi) is 5.13. The van der Waals surface area contributed by atoms with Gasteiger partial charge in [0.25, 0.3) is 0 Å². The third-order valence-electron chi connectivity index (χ3n) is 5.15. The van der Waals surface area contributed by atoms with E-state index in [1.807, 2.05) is 0 Å². The van der Waals surface area contributed by atoms with E-state index in [-0.39, 0.29) is 33.4 Å². The molecule has 0 saturated carbocycles. The van der Waals surface area contributed by atoms with Gasteiger partial charge in [0.15, 0.2) is 23.1 Å². The van der Waals surface area contributed by atoms with Gasteiger partial charge in [-0.3, -0.25) is 0 Å². The average Bonchev–Trinajstić information content (AvgIpc) is 3.30. The molecule has 3 aromatic rings. The van der Waals surface area contributed by atoms with Crippen LogP contribution in [0.25, 0.3) is 0 Å². The van der Waals surface area contributed by atoms with Gasteiger partial charge < -0.3 is 18.9 Å². The lowest BCUT2D eigenvalue weighted by molar-refractivity contribution is 0.0425. The molecule has 3 aromatic carbocycles. The monoisotopic (exact) mass is 494 g/mol. The minimum Gasteiger partial charge on any atom is -0.420 e. The van der Waals surface area contributed by atoms with Gasteiger partial charge >= 0.3 is 35.8 Å². The lowest BCUT2D eigenvalue weighted by Crippen LogP contribution is -2.13. The zero-order valence-corrected chi connectivity index (χ0v) is 17.5. The fraction of sp³-hybridized carbons (Fsp3) is 0. The second-order valence-corrected chi connectivity index (χ2v) is 7.37. The van der Waals surface area contributed by atoms with Crippen LogP contribution < -0.4 is 9.47 Å². The van der Waals surface area contributed by atoms with Crippen LogP contribution in [0.1, 0.15) is 62.1 Å². The Bertz CT molecular complexity index is 1460. The summed E-state index contributed by atoms with van der Waals surface area (Å²) in [5.41, 5.74) is -0.993. The van der Waals surface area contributed by atoms with Crippen LogP contribution >= 0.6 is 0 Å². The van der Waals surface area contributed by atoms with Crippen LogP contribution in [0.3, 0.4) is 0 Å². The third-order valence-corrected chi connectivity index (χ3v) is 5.15. The van der Waals surface area contributed by atoms with Crippen molar-refractivity contribution in [2.45, 2.75) is 0 Å². The first-order valence-electron chi connectivity index (χ1n) is 9.87. The van der Waals surface area contributed by atoms with Crippen LogP contribution in [0, 0.1) is 11.6 Å². The standard InChI is InChI=1S/C24H8F2O10/c25-15-8-18(34-20(28)10-2-4-12-14(6-10)24(32)36-22(12)30)16(26)7-17(15)33-19(27)9-1-3-11-13(5-9)23(31)35-21(11)29/h1-8H. The lowest BCUT2D eigenvalue weighted by atomic mass is 10.1. The molecule has 2 aliphatic heterocycles. The Balaban J connectivity index is 1.34. The van der Waals surface area contributed by atoms with Crippen LogP contribution in [-0.2, 0) is 9.47 Å². The molecule has 0 fully saturated rings. The number of cyclic esters (lactones) is 4. The fourth-order valence-electron chi connectivity index (χ4n) is 3.41. The van der Waals surface area contributed by atoms with Gasteiger partial charge in [0.2, 0.25) is 0 Å². The molecule has 0 aliphatic carbocycles. The molecule has 5 rings (SSSR count). The Hall–Kier alpha value is -5.26. The highest BCUT2D eigenvalue weighted by Gasteiger charge is 2.32. The van der Waals surface area contributed by atoms with Crippen molar-refractivity contribution in [2.75, 3.05) is 0 Å². The van der Waals surface area contributed by atoms with Crippen LogP contribution in [0.5, 0.6) is 11.5 Å². The van der Waals surface area contributed by atoms with Gasteiger partial charge in [-0.2, -0.15) is 0 Å². The quantitative estimate of drug-likeness (QED) is 0.302. The summed E-state index contributed by atoms with van der Waals surface area (Å²) in [6.45, 7) is 0. The molecule has 0 unspecified atom stereocenters. The Labute approximate surface area is 197 Å². The minimum absolute atomic E-state index is 0.0631. The molecule has 0 bridgehead atoms. The summed E-state index contributed by atoms with van der Waals surface area (Å²) >= 11 is 0. The molecule has 12 heteroatoms. The van der Waals surface area contributed by atoms with Crippen molar-refractivity contribution in [1.29, 1.82) is 0 Å². The Morgan fingerprint density at radius 3 is 1.31 bits per heavy atom. The molecule has 0 N–H and O–H groups in total. The molecule has 0 spiro atoms. The van der Waals surface area contributed by atoms with E-state index in [9.17, 15) is 37.5 Å². The first-order chi connectivity index (χ1) is 17.1. The molecule has 0 radical (unpaired) electrons. The molecule has 178 valence electrons. The van der Waals surface area contributed by atoms with Gasteiger partial charge in [-0.15, -0.1) is 0 Å². The number of carbonyl (C=O) groups is 6. The molecule has 2 heterocycles. The molecular weight excluding hydrogens is 486 g/mol. The highest BCUT2D eigenvalue weighted by molar-refractivity contribution is 6.16. The number of hydrogen-bond acceptors (Lipinski definition) is 10. The summed E-state index contributed by atoms with van der Waals surface area (Å²) < 4.78 is 47.5. The topological polar surface area (TPSA) is 139 Å². The van der Waals surface area contributed by atoms with E-state index >= 15 is 0 Å². The summed E-state index contributed by atoms with van der Waals surface area (Å²) in [4.78, 5) is 71.0. The number of carbonyl (C=O) groups excluding carboxylic acids is 6. The molecule has 0 atom stereocenters. The van der Waals surface area contributed by atoms with E-state index < -0.39 is 58.9 Å². The predicted octanol–water partition coefficient (Wildman–Crippen LogP) is 3.02. The SMILES string of the molecule is O=C(Oc1cc(F)c(OC(=O)c2ccc3c(c2)C(=O)OC3=O)cc1F)c1ccc2c(c1)C(=O)OC2=O. The molecular formula is C24H8F2O10. The maximum Gasteiger partial charge on any atom is 0.346 e. The Morgan fingerprint density at radius 1 is 0.556 bits per heavy atom. The van der Waals surface area contributed by atoms with Crippen molar-refractivity contribution >= 4 is 35.8 Å². The largest absolute Gasteiger partial charge is 0.420 e. The van der Waals surface area contributed by atoms with E-state index in [0.29, 0.717) is 12.1 Å². The summed E-state index contributed by atoms with van der Waals surface area (Å²) in [6, 6.07) is 7.49. The number of hydrogen-bond donors (Lipinski definition) is 0. The zero-order valence-electron chi connectivity index (χ0n) is 17.5. The number of rotatable bonds is 4. The third kappa shape index (κ3) is 3.76. The summed E-state index contributed by atoms with van der Waals surface area (Å²) in [6.07, 6.45) is 0. The second-order valence-electron chi connectivity index (χ2n) is 7.37. The maximum atomic E-state index is 14.5. The van der Waals surface area contributed by atoms with Gasteiger partial charge in [0.1, 0.15) is 0 Å². The average molecular weight is 494 g/mol. The van der Waals surface area contributed by atoms with Gasteiger partial charge in [0.05, 0.1) is 33.4 Å². The number of esters is 6. The van der Waals surface area contributed by atoms with Crippen LogP contribution in [0.4, 0.5) is 8.78 Å². The van der Waals surface area contributed by atoms with Gasteiger partial charge in [-0.25, -0.2) is 37.5 Å².